The van der Waals surface area contributed by atoms with Crippen molar-refractivity contribution < 1.29 is 4.74 Å². The van der Waals surface area contributed by atoms with Gasteiger partial charge in [-0.15, -0.1) is 10.2 Å². The van der Waals surface area contributed by atoms with Crippen LogP contribution in [0.15, 0.2) is 74.1 Å². The molecule has 0 spiro atoms. The topological polar surface area (TPSA) is 50.3 Å². The molecule has 5 nitrogen and oxygen atoms in total. The standard InChI is InChI=1S/C21H22N4O/c1-4-22-14-17-11-12-18-19(13-17)20(25(3)5-2)23-24-21(18)26-15-16-9-7-6-8-10-16/h4-13,22H,1-2,14-15H2,3H3. The van der Waals surface area contributed by atoms with Crippen LogP contribution >= 0.6 is 0 Å². The van der Waals surface area contributed by atoms with Gasteiger partial charge in [0.2, 0.25) is 5.88 Å². The largest absolute Gasteiger partial charge is 0.471 e. The molecule has 0 aliphatic heterocycles. The van der Waals surface area contributed by atoms with E-state index in [4.69, 9.17) is 4.74 Å². The van der Waals surface area contributed by atoms with Crippen LogP contribution in [0.2, 0.25) is 0 Å². The van der Waals surface area contributed by atoms with Gasteiger partial charge in [0.15, 0.2) is 5.82 Å². The van der Waals surface area contributed by atoms with Crippen molar-refractivity contribution in [1.29, 1.82) is 0 Å². The Balaban J connectivity index is 1.98. The summed E-state index contributed by atoms with van der Waals surface area (Å²) in [6, 6.07) is 16.2. The molecule has 1 N–H and O–H groups in total. The van der Waals surface area contributed by atoms with E-state index in [0.717, 1.165) is 27.7 Å². The molecule has 0 saturated heterocycles. The molecule has 0 fully saturated rings. The molecule has 0 bridgehead atoms. The Morgan fingerprint density at radius 2 is 1.85 bits per heavy atom. The van der Waals surface area contributed by atoms with Crippen molar-refractivity contribution >= 4 is 16.6 Å². The molecule has 132 valence electrons. The smallest absolute Gasteiger partial charge is 0.241 e. The monoisotopic (exact) mass is 346 g/mol. The van der Waals surface area contributed by atoms with Gasteiger partial charge in [-0.3, -0.25) is 0 Å². The second-order valence-corrected chi connectivity index (χ2v) is 5.86. The van der Waals surface area contributed by atoms with Crippen molar-refractivity contribution in [3.8, 4) is 5.88 Å². The summed E-state index contributed by atoms with van der Waals surface area (Å²) in [6.45, 7) is 8.64. The lowest BCUT2D eigenvalue weighted by Crippen LogP contribution is -2.12. The summed E-state index contributed by atoms with van der Waals surface area (Å²) < 4.78 is 5.94. The van der Waals surface area contributed by atoms with Crippen molar-refractivity contribution in [2.45, 2.75) is 13.2 Å². The zero-order valence-electron chi connectivity index (χ0n) is 14.9. The average Bonchev–Trinajstić information content (AvgIpc) is 2.70. The molecule has 3 rings (SSSR count). The molecule has 26 heavy (non-hydrogen) atoms. The minimum absolute atomic E-state index is 0.445. The van der Waals surface area contributed by atoms with E-state index in [1.54, 1.807) is 12.4 Å². The first-order valence-electron chi connectivity index (χ1n) is 8.38. The first-order chi connectivity index (χ1) is 12.7. The predicted molar refractivity (Wildman–Crippen MR) is 106 cm³/mol. The lowest BCUT2D eigenvalue weighted by Gasteiger charge is -2.17. The fraction of sp³-hybridized carbons (Fsp3) is 0.143. The Bertz CT molecular complexity index is 909. The molecular formula is C21H22N4O. The maximum atomic E-state index is 5.94. The molecule has 1 heterocycles. The number of rotatable bonds is 8. The predicted octanol–water partition coefficient (Wildman–Crippen LogP) is 4.02. The number of aromatic nitrogens is 2. The Labute approximate surface area is 153 Å². The highest BCUT2D eigenvalue weighted by Gasteiger charge is 2.13. The molecule has 2 aromatic carbocycles. The van der Waals surface area contributed by atoms with Gasteiger partial charge in [0, 0.05) is 24.4 Å². The summed E-state index contributed by atoms with van der Waals surface area (Å²) in [5.41, 5.74) is 2.21. The fourth-order valence-electron chi connectivity index (χ4n) is 2.64. The molecule has 0 aliphatic rings. The van der Waals surface area contributed by atoms with Crippen molar-refractivity contribution in [1.82, 2.24) is 15.5 Å². The summed E-state index contributed by atoms with van der Waals surface area (Å²) >= 11 is 0. The minimum atomic E-state index is 0.445. The number of benzene rings is 2. The quantitative estimate of drug-likeness (QED) is 0.667. The first kappa shape index (κ1) is 17.5. The van der Waals surface area contributed by atoms with Crippen LogP contribution in [0.25, 0.3) is 10.8 Å². The van der Waals surface area contributed by atoms with Gasteiger partial charge >= 0.3 is 0 Å². The van der Waals surface area contributed by atoms with Crippen LogP contribution in [-0.2, 0) is 13.2 Å². The van der Waals surface area contributed by atoms with Crippen molar-refractivity contribution in [2.24, 2.45) is 0 Å². The molecule has 0 saturated carbocycles. The number of fused-ring (bicyclic) bond motifs is 1. The summed E-state index contributed by atoms with van der Waals surface area (Å²) in [5, 5.41) is 13.6. The molecule has 0 atom stereocenters. The molecule has 0 amide bonds. The van der Waals surface area contributed by atoms with E-state index < -0.39 is 0 Å². The molecule has 0 radical (unpaired) electrons. The lowest BCUT2D eigenvalue weighted by atomic mass is 10.1. The third-order valence-corrected chi connectivity index (χ3v) is 4.07. The normalized spacial score (nSPS) is 10.3. The minimum Gasteiger partial charge on any atom is -0.471 e. The second-order valence-electron chi connectivity index (χ2n) is 5.86. The van der Waals surface area contributed by atoms with Crippen LogP contribution in [0.1, 0.15) is 11.1 Å². The summed E-state index contributed by atoms with van der Waals surface area (Å²) in [6.07, 6.45) is 3.39. The fourth-order valence-corrected chi connectivity index (χ4v) is 2.64. The molecule has 3 aromatic rings. The Morgan fingerprint density at radius 1 is 1.04 bits per heavy atom. The van der Waals surface area contributed by atoms with Gasteiger partial charge < -0.3 is 15.0 Å². The van der Waals surface area contributed by atoms with Gasteiger partial charge in [0.05, 0.1) is 0 Å². The van der Waals surface area contributed by atoms with Crippen molar-refractivity contribution in [3.05, 3.63) is 85.2 Å². The molecular weight excluding hydrogens is 324 g/mol. The lowest BCUT2D eigenvalue weighted by molar-refractivity contribution is 0.294. The molecule has 0 unspecified atom stereocenters. The van der Waals surface area contributed by atoms with Gasteiger partial charge in [-0.25, -0.2) is 0 Å². The third-order valence-electron chi connectivity index (χ3n) is 4.07. The molecule has 5 heteroatoms. The first-order valence-corrected chi connectivity index (χ1v) is 8.38. The zero-order chi connectivity index (χ0) is 18.4. The third kappa shape index (κ3) is 3.83. The van der Waals surface area contributed by atoms with Gasteiger partial charge in [0.1, 0.15) is 6.61 Å². The van der Waals surface area contributed by atoms with E-state index in [2.05, 4.69) is 34.7 Å². The van der Waals surface area contributed by atoms with Crippen LogP contribution in [-0.4, -0.2) is 17.2 Å². The van der Waals surface area contributed by atoms with E-state index in [-0.39, 0.29) is 0 Å². The average molecular weight is 346 g/mol. The zero-order valence-corrected chi connectivity index (χ0v) is 14.9. The SMILES string of the molecule is C=CNCc1ccc2c(OCc3ccccc3)nnc(N(C)C=C)c2c1. The summed E-state index contributed by atoms with van der Waals surface area (Å²) in [4.78, 5) is 1.85. The van der Waals surface area contributed by atoms with Crippen LogP contribution in [0.5, 0.6) is 5.88 Å². The Morgan fingerprint density at radius 3 is 2.58 bits per heavy atom. The summed E-state index contributed by atoms with van der Waals surface area (Å²) in [5.74, 6) is 1.26. The van der Waals surface area contributed by atoms with Crippen LogP contribution < -0.4 is 15.0 Å². The summed E-state index contributed by atoms with van der Waals surface area (Å²) in [7, 11) is 1.90. The highest BCUT2D eigenvalue weighted by atomic mass is 16.5. The molecule has 1 aromatic heterocycles. The van der Waals surface area contributed by atoms with E-state index >= 15 is 0 Å². The van der Waals surface area contributed by atoms with E-state index in [1.165, 1.54) is 0 Å². The second kappa shape index (κ2) is 8.16. The van der Waals surface area contributed by atoms with Gasteiger partial charge in [0.25, 0.3) is 0 Å². The van der Waals surface area contributed by atoms with Gasteiger partial charge in [-0.05, 0) is 35.7 Å². The number of anilines is 1. The van der Waals surface area contributed by atoms with Crippen LogP contribution in [0.4, 0.5) is 5.82 Å². The maximum Gasteiger partial charge on any atom is 0.241 e. The van der Waals surface area contributed by atoms with Gasteiger partial charge in [-0.2, -0.15) is 0 Å². The van der Waals surface area contributed by atoms with Crippen molar-refractivity contribution in [3.63, 3.8) is 0 Å². The highest BCUT2D eigenvalue weighted by molar-refractivity contribution is 5.95. The number of ether oxygens (including phenoxy) is 1. The molecule has 0 aliphatic carbocycles. The van der Waals surface area contributed by atoms with E-state index in [0.29, 0.717) is 19.0 Å². The number of hydrogen-bond donors (Lipinski definition) is 1. The van der Waals surface area contributed by atoms with E-state index in [9.17, 15) is 0 Å². The Hall–Kier alpha value is -3.34. The van der Waals surface area contributed by atoms with E-state index in [1.807, 2.05) is 54.4 Å². The number of nitrogens with one attached hydrogen (secondary N) is 1. The highest BCUT2D eigenvalue weighted by Crippen LogP contribution is 2.31. The number of nitrogens with zero attached hydrogens (tertiary/aromatic N) is 3. The number of hydrogen-bond acceptors (Lipinski definition) is 5. The maximum absolute atomic E-state index is 5.94. The van der Waals surface area contributed by atoms with Gasteiger partial charge in [-0.1, -0.05) is 49.6 Å². The van der Waals surface area contributed by atoms with Crippen molar-refractivity contribution in [2.75, 3.05) is 11.9 Å². The van der Waals surface area contributed by atoms with Crippen LogP contribution in [0.3, 0.4) is 0 Å². The Kier molecular flexibility index (Phi) is 5.49. The van der Waals surface area contributed by atoms with Crippen LogP contribution in [0, 0.1) is 0 Å².